The van der Waals surface area contributed by atoms with Crippen molar-refractivity contribution in [2.45, 2.75) is 20.1 Å². The molecule has 2 aromatic carbocycles. The van der Waals surface area contributed by atoms with Crippen molar-refractivity contribution in [1.29, 1.82) is 0 Å². The van der Waals surface area contributed by atoms with Gasteiger partial charge in [0, 0.05) is 12.2 Å². The summed E-state index contributed by atoms with van der Waals surface area (Å²) in [6.45, 7) is 8.39. The molecular formula is C18H20O2. The van der Waals surface area contributed by atoms with Gasteiger partial charge in [-0.05, 0) is 31.5 Å². The maximum absolute atomic E-state index is 5.95. The predicted octanol–water partition coefficient (Wildman–Crippen LogP) is 4.75. The summed E-state index contributed by atoms with van der Waals surface area (Å²) in [5.41, 5.74) is 3.26. The molecule has 1 unspecified atom stereocenters. The molecule has 2 rings (SSSR count). The predicted molar refractivity (Wildman–Crippen MR) is 82.7 cm³/mol. The SMILES string of the molecule is C=Cc1cccc(OC(OCC)c2ccc(C)cc2)c1. The second-order valence-electron chi connectivity index (χ2n) is 4.59. The van der Waals surface area contributed by atoms with E-state index < -0.39 is 0 Å². The fourth-order valence-corrected chi connectivity index (χ4v) is 1.91. The Morgan fingerprint density at radius 1 is 1.15 bits per heavy atom. The fourth-order valence-electron chi connectivity index (χ4n) is 1.91. The van der Waals surface area contributed by atoms with E-state index in [4.69, 9.17) is 9.47 Å². The van der Waals surface area contributed by atoms with Crippen LogP contribution in [0, 0.1) is 6.92 Å². The highest BCUT2D eigenvalue weighted by Gasteiger charge is 2.13. The summed E-state index contributed by atoms with van der Waals surface area (Å²) >= 11 is 0. The smallest absolute Gasteiger partial charge is 0.226 e. The minimum atomic E-state index is -0.388. The van der Waals surface area contributed by atoms with Gasteiger partial charge in [0.1, 0.15) is 5.75 Å². The van der Waals surface area contributed by atoms with E-state index in [9.17, 15) is 0 Å². The van der Waals surface area contributed by atoms with Crippen LogP contribution < -0.4 is 4.74 Å². The van der Waals surface area contributed by atoms with Gasteiger partial charge in [0.15, 0.2) is 0 Å². The van der Waals surface area contributed by atoms with Crippen LogP contribution in [0.25, 0.3) is 6.08 Å². The standard InChI is InChI=1S/C18H20O2/c1-4-15-7-6-8-17(13-15)20-18(19-5-2)16-11-9-14(3)10-12-16/h4,6-13,18H,1,5H2,2-3H3. The molecule has 0 heterocycles. The molecule has 2 heteroatoms. The van der Waals surface area contributed by atoms with Crippen LogP contribution in [-0.2, 0) is 4.74 Å². The maximum atomic E-state index is 5.95. The molecule has 0 aromatic heterocycles. The van der Waals surface area contributed by atoms with E-state index in [2.05, 4.69) is 25.6 Å². The lowest BCUT2D eigenvalue weighted by atomic mass is 10.1. The molecule has 0 amide bonds. The maximum Gasteiger partial charge on any atom is 0.226 e. The topological polar surface area (TPSA) is 18.5 Å². The molecule has 0 bridgehead atoms. The number of hydrogen-bond acceptors (Lipinski definition) is 2. The molecule has 0 saturated carbocycles. The molecule has 0 aliphatic heterocycles. The first-order valence-corrected chi connectivity index (χ1v) is 6.80. The second kappa shape index (κ2) is 6.92. The Bertz CT molecular complexity index is 558. The van der Waals surface area contributed by atoms with Gasteiger partial charge in [-0.15, -0.1) is 0 Å². The summed E-state index contributed by atoms with van der Waals surface area (Å²) in [6, 6.07) is 16.0. The van der Waals surface area contributed by atoms with E-state index in [0.29, 0.717) is 6.61 Å². The molecule has 0 aliphatic rings. The Hall–Kier alpha value is -2.06. The summed E-state index contributed by atoms with van der Waals surface area (Å²) < 4.78 is 11.7. The zero-order chi connectivity index (χ0) is 14.4. The lowest BCUT2D eigenvalue weighted by Gasteiger charge is -2.19. The molecule has 0 N–H and O–H groups in total. The molecule has 0 saturated heterocycles. The first-order valence-electron chi connectivity index (χ1n) is 6.80. The van der Waals surface area contributed by atoms with Gasteiger partial charge in [-0.2, -0.15) is 0 Å². The van der Waals surface area contributed by atoms with Gasteiger partial charge < -0.3 is 9.47 Å². The Morgan fingerprint density at radius 2 is 1.90 bits per heavy atom. The second-order valence-corrected chi connectivity index (χ2v) is 4.59. The van der Waals surface area contributed by atoms with Crippen molar-refractivity contribution in [2.75, 3.05) is 6.61 Å². The minimum absolute atomic E-state index is 0.388. The van der Waals surface area contributed by atoms with E-state index in [1.807, 2.05) is 43.3 Å². The Balaban J connectivity index is 2.20. The van der Waals surface area contributed by atoms with Gasteiger partial charge in [-0.1, -0.05) is 54.6 Å². The molecule has 0 radical (unpaired) electrons. The molecule has 0 aliphatic carbocycles. The van der Waals surface area contributed by atoms with E-state index in [1.165, 1.54) is 5.56 Å². The van der Waals surface area contributed by atoms with Crippen LogP contribution in [0.1, 0.15) is 29.9 Å². The van der Waals surface area contributed by atoms with Crippen LogP contribution >= 0.6 is 0 Å². The molecule has 104 valence electrons. The molecule has 2 nitrogen and oxygen atoms in total. The average molecular weight is 268 g/mol. The van der Waals surface area contributed by atoms with Crippen molar-refractivity contribution in [3.8, 4) is 5.75 Å². The number of rotatable bonds is 6. The van der Waals surface area contributed by atoms with E-state index in [1.54, 1.807) is 6.08 Å². The first-order chi connectivity index (χ1) is 9.72. The van der Waals surface area contributed by atoms with Crippen LogP contribution in [-0.4, -0.2) is 6.61 Å². The Labute approximate surface area is 120 Å². The van der Waals surface area contributed by atoms with Gasteiger partial charge in [0.25, 0.3) is 0 Å². The van der Waals surface area contributed by atoms with Gasteiger partial charge in [0.2, 0.25) is 6.29 Å². The number of benzene rings is 2. The zero-order valence-electron chi connectivity index (χ0n) is 12.0. The van der Waals surface area contributed by atoms with E-state index >= 15 is 0 Å². The summed E-state index contributed by atoms with van der Waals surface area (Å²) in [5, 5.41) is 0. The van der Waals surface area contributed by atoms with Crippen LogP contribution in [0.3, 0.4) is 0 Å². The van der Waals surface area contributed by atoms with Gasteiger partial charge in [-0.3, -0.25) is 0 Å². The fraction of sp³-hybridized carbons (Fsp3) is 0.222. The third-order valence-electron chi connectivity index (χ3n) is 3.00. The first kappa shape index (κ1) is 14.4. The van der Waals surface area contributed by atoms with Crippen molar-refractivity contribution in [2.24, 2.45) is 0 Å². The highest BCUT2D eigenvalue weighted by atomic mass is 16.7. The lowest BCUT2D eigenvalue weighted by molar-refractivity contribution is -0.0786. The molecule has 0 spiro atoms. The van der Waals surface area contributed by atoms with Crippen molar-refractivity contribution < 1.29 is 9.47 Å². The average Bonchev–Trinajstić information content (AvgIpc) is 2.48. The Kier molecular flexibility index (Phi) is 4.97. The number of hydrogen-bond donors (Lipinski definition) is 0. The lowest BCUT2D eigenvalue weighted by Crippen LogP contribution is -2.12. The third kappa shape index (κ3) is 3.72. The van der Waals surface area contributed by atoms with Gasteiger partial charge >= 0.3 is 0 Å². The largest absolute Gasteiger partial charge is 0.461 e. The minimum Gasteiger partial charge on any atom is -0.461 e. The summed E-state index contributed by atoms with van der Waals surface area (Å²) in [7, 11) is 0. The van der Waals surface area contributed by atoms with E-state index in [0.717, 1.165) is 16.9 Å². The Morgan fingerprint density at radius 3 is 2.55 bits per heavy atom. The van der Waals surface area contributed by atoms with Gasteiger partial charge in [-0.25, -0.2) is 0 Å². The number of aryl methyl sites for hydroxylation is 1. The summed E-state index contributed by atoms with van der Waals surface area (Å²) in [5.74, 6) is 0.779. The molecule has 2 aromatic rings. The molecule has 0 fully saturated rings. The van der Waals surface area contributed by atoms with Crippen LogP contribution in [0.5, 0.6) is 5.75 Å². The van der Waals surface area contributed by atoms with Crippen molar-refractivity contribution >= 4 is 6.08 Å². The van der Waals surface area contributed by atoms with Gasteiger partial charge in [0.05, 0.1) is 0 Å². The normalized spacial score (nSPS) is 11.9. The van der Waals surface area contributed by atoms with Crippen LogP contribution in [0.2, 0.25) is 0 Å². The molecule has 1 atom stereocenters. The number of ether oxygens (including phenoxy) is 2. The van der Waals surface area contributed by atoms with E-state index in [-0.39, 0.29) is 6.29 Å². The third-order valence-corrected chi connectivity index (χ3v) is 3.00. The summed E-state index contributed by atoms with van der Waals surface area (Å²) in [6.07, 6.45) is 1.41. The van der Waals surface area contributed by atoms with Crippen molar-refractivity contribution in [1.82, 2.24) is 0 Å². The quantitative estimate of drug-likeness (QED) is 0.704. The van der Waals surface area contributed by atoms with Crippen molar-refractivity contribution in [3.05, 3.63) is 71.8 Å². The molecular weight excluding hydrogens is 248 g/mol. The molecule has 20 heavy (non-hydrogen) atoms. The zero-order valence-corrected chi connectivity index (χ0v) is 12.0. The van der Waals surface area contributed by atoms with Crippen LogP contribution in [0.15, 0.2) is 55.1 Å². The highest BCUT2D eigenvalue weighted by molar-refractivity contribution is 5.49. The van der Waals surface area contributed by atoms with Crippen molar-refractivity contribution in [3.63, 3.8) is 0 Å². The summed E-state index contributed by atoms with van der Waals surface area (Å²) in [4.78, 5) is 0. The monoisotopic (exact) mass is 268 g/mol. The highest BCUT2D eigenvalue weighted by Crippen LogP contribution is 2.24. The van der Waals surface area contributed by atoms with Crippen LogP contribution in [0.4, 0.5) is 0 Å².